The van der Waals surface area contributed by atoms with Gasteiger partial charge in [-0.1, -0.05) is 35.9 Å². The summed E-state index contributed by atoms with van der Waals surface area (Å²) in [5, 5.41) is 3.53. The summed E-state index contributed by atoms with van der Waals surface area (Å²) in [5.74, 6) is 0.353. The van der Waals surface area contributed by atoms with Crippen molar-refractivity contribution in [1.82, 2.24) is 10.0 Å². The van der Waals surface area contributed by atoms with Crippen LogP contribution in [0.3, 0.4) is 0 Å². The van der Waals surface area contributed by atoms with Gasteiger partial charge in [-0.05, 0) is 48.4 Å². The van der Waals surface area contributed by atoms with Gasteiger partial charge in [0.05, 0.1) is 11.7 Å². The first-order chi connectivity index (χ1) is 12.9. The molecule has 0 unspecified atom stereocenters. The van der Waals surface area contributed by atoms with Crippen molar-refractivity contribution in [1.29, 1.82) is 0 Å². The Morgan fingerprint density at radius 2 is 1.89 bits per heavy atom. The minimum atomic E-state index is -3.30. The van der Waals surface area contributed by atoms with Crippen LogP contribution in [0.4, 0.5) is 0 Å². The highest BCUT2D eigenvalue weighted by atomic mass is 35.5. The summed E-state index contributed by atoms with van der Waals surface area (Å²) < 4.78 is 31.1. The van der Waals surface area contributed by atoms with E-state index in [1.54, 1.807) is 18.2 Å². The number of fused-ring (bicyclic) bond motifs is 1. The highest BCUT2D eigenvalue weighted by Gasteiger charge is 2.26. The van der Waals surface area contributed by atoms with E-state index in [-0.39, 0.29) is 17.6 Å². The van der Waals surface area contributed by atoms with Gasteiger partial charge in [0.15, 0.2) is 0 Å². The Morgan fingerprint density at radius 3 is 2.59 bits per heavy atom. The highest BCUT2D eigenvalue weighted by Crippen LogP contribution is 2.29. The van der Waals surface area contributed by atoms with Crippen LogP contribution in [0.2, 0.25) is 5.02 Å². The number of carbonyl (C=O) groups is 1. The Kier molecular flexibility index (Phi) is 6.04. The van der Waals surface area contributed by atoms with E-state index >= 15 is 0 Å². The first kappa shape index (κ1) is 19.7. The van der Waals surface area contributed by atoms with Crippen molar-refractivity contribution in [2.75, 3.05) is 13.7 Å². The van der Waals surface area contributed by atoms with Crippen molar-refractivity contribution >= 4 is 27.5 Å². The second-order valence-electron chi connectivity index (χ2n) is 6.46. The van der Waals surface area contributed by atoms with Crippen molar-refractivity contribution in [3.63, 3.8) is 0 Å². The molecule has 0 aliphatic carbocycles. The molecule has 1 amide bonds. The molecule has 0 aromatic heterocycles. The van der Waals surface area contributed by atoms with Gasteiger partial charge < -0.3 is 10.1 Å². The Balaban J connectivity index is 1.55. The molecule has 1 aliphatic heterocycles. The fraction of sp³-hybridized carbons (Fsp3) is 0.316. The van der Waals surface area contributed by atoms with Crippen LogP contribution in [0.25, 0.3) is 0 Å². The van der Waals surface area contributed by atoms with E-state index in [0.717, 1.165) is 16.9 Å². The van der Waals surface area contributed by atoms with Crippen LogP contribution in [0, 0.1) is 5.92 Å². The summed E-state index contributed by atoms with van der Waals surface area (Å²) in [7, 11) is -1.91. The summed E-state index contributed by atoms with van der Waals surface area (Å²) in [6, 6.07) is 12.5. The molecule has 1 aliphatic rings. The maximum Gasteiger partial charge on any atom is 0.227 e. The number of carbonyl (C=O) groups excluding carboxylic acids is 1. The fourth-order valence-corrected chi connectivity index (χ4v) is 3.88. The minimum Gasteiger partial charge on any atom is -0.492 e. The molecule has 0 radical (unpaired) electrons. The molecule has 2 aromatic rings. The van der Waals surface area contributed by atoms with Crippen molar-refractivity contribution in [2.45, 2.75) is 18.7 Å². The zero-order valence-corrected chi connectivity index (χ0v) is 16.4. The standard InChI is InChI=1S/C19H21ClN2O4S/c1-21-27(24,25)12-14-4-2-13(3-5-14)10-22-19(23)16-8-15-9-17(20)6-7-18(15)26-11-16/h2-7,9,16,21H,8,10-12H2,1H3,(H,22,23)/t16-/m0/s1. The van der Waals surface area contributed by atoms with E-state index in [4.69, 9.17) is 16.3 Å². The number of amides is 1. The van der Waals surface area contributed by atoms with E-state index in [1.165, 1.54) is 7.05 Å². The Hall–Kier alpha value is -2.09. The van der Waals surface area contributed by atoms with E-state index in [1.807, 2.05) is 24.3 Å². The van der Waals surface area contributed by atoms with E-state index < -0.39 is 10.0 Å². The topological polar surface area (TPSA) is 84.5 Å². The smallest absolute Gasteiger partial charge is 0.227 e. The average molecular weight is 409 g/mol. The van der Waals surface area contributed by atoms with E-state index in [2.05, 4.69) is 10.0 Å². The third-order valence-corrected chi connectivity index (χ3v) is 6.03. The van der Waals surface area contributed by atoms with Gasteiger partial charge in [-0.15, -0.1) is 0 Å². The molecule has 8 heteroatoms. The molecule has 0 fully saturated rings. The molecule has 27 heavy (non-hydrogen) atoms. The minimum absolute atomic E-state index is 0.0719. The lowest BCUT2D eigenvalue weighted by Gasteiger charge is -2.24. The average Bonchev–Trinajstić information content (AvgIpc) is 2.66. The lowest BCUT2D eigenvalue weighted by atomic mass is 9.96. The summed E-state index contributed by atoms with van der Waals surface area (Å²) >= 11 is 6.01. The third kappa shape index (κ3) is 5.22. The predicted octanol–water partition coefficient (Wildman–Crippen LogP) is 2.26. The molecule has 1 heterocycles. The van der Waals surface area contributed by atoms with Crippen LogP contribution < -0.4 is 14.8 Å². The molecule has 0 saturated carbocycles. The van der Waals surface area contributed by atoms with Crippen molar-refractivity contribution in [3.8, 4) is 5.75 Å². The molecule has 3 rings (SSSR count). The summed E-state index contributed by atoms with van der Waals surface area (Å²) in [4.78, 5) is 12.4. The first-order valence-corrected chi connectivity index (χ1v) is 10.6. The molecule has 6 nitrogen and oxygen atoms in total. The molecule has 144 valence electrons. The second kappa shape index (κ2) is 8.29. The van der Waals surface area contributed by atoms with Crippen LogP contribution >= 0.6 is 11.6 Å². The van der Waals surface area contributed by atoms with E-state index in [0.29, 0.717) is 30.2 Å². The van der Waals surface area contributed by atoms with Crippen molar-refractivity contribution in [3.05, 3.63) is 64.2 Å². The van der Waals surface area contributed by atoms with Crippen molar-refractivity contribution < 1.29 is 17.9 Å². The quantitative estimate of drug-likeness (QED) is 0.767. The second-order valence-corrected chi connectivity index (χ2v) is 8.82. The van der Waals surface area contributed by atoms with Crippen LogP contribution in [0.15, 0.2) is 42.5 Å². The molecule has 0 bridgehead atoms. The normalized spacial score (nSPS) is 16.3. The first-order valence-electron chi connectivity index (χ1n) is 8.54. The number of halogens is 1. The lowest BCUT2D eigenvalue weighted by molar-refractivity contribution is -0.126. The Morgan fingerprint density at radius 1 is 1.19 bits per heavy atom. The van der Waals surface area contributed by atoms with Gasteiger partial charge in [0.1, 0.15) is 12.4 Å². The Labute approximate surface area is 163 Å². The lowest BCUT2D eigenvalue weighted by Crippen LogP contribution is -2.37. The molecule has 1 atom stereocenters. The largest absolute Gasteiger partial charge is 0.492 e. The number of rotatable bonds is 6. The zero-order chi connectivity index (χ0) is 19.4. The molecule has 0 saturated heterocycles. The third-order valence-electron chi connectivity index (χ3n) is 4.46. The number of benzene rings is 2. The molecule has 2 N–H and O–H groups in total. The fourth-order valence-electron chi connectivity index (χ4n) is 2.91. The van der Waals surface area contributed by atoms with Gasteiger partial charge in [-0.3, -0.25) is 4.79 Å². The van der Waals surface area contributed by atoms with Gasteiger partial charge in [-0.25, -0.2) is 13.1 Å². The van der Waals surface area contributed by atoms with Gasteiger partial charge in [0.2, 0.25) is 15.9 Å². The van der Waals surface area contributed by atoms with Gasteiger partial charge in [0, 0.05) is 11.6 Å². The molecular formula is C19H21ClN2O4S. The summed E-state index contributed by atoms with van der Waals surface area (Å²) in [6.07, 6.45) is 0.586. The molecular weight excluding hydrogens is 388 g/mol. The van der Waals surface area contributed by atoms with Gasteiger partial charge in [-0.2, -0.15) is 0 Å². The number of hydrogen-bond donors (Lipinski definition) is 2. The summed E-state index contributed by atoms with van der Waals surface area (Å²) in [5.41, 5.74) is 2.52. The number of ether oxygens (including phenoxy) is 1. The predicted molar refractivity (Wildman–Crippen MR) is 104 cm³/mol. The Bertz CT molecular complexity index is 929. The van der Waals surface area contributed by atoms with Crippen molar-refractivity contribution in [2.24, 2.45) is 5.92 Å². The number of hydrogen-bond acceptors (Lipinski definition) is 4. The molecule has 2 aromatic carbocycles. The maximum absolute atomic E-state index is 12.4. The number of sulfonamides is 1. The van der Waals surface area contributed by atoms with E-state index in [9.17, 15) is 13.2 Å². The van der Waals surface area contributed by atoms with Gasteiger partial charge in [0.25, 0.3) is 0 Å². The van der Waals surface area contributed by atoms with Crippen LogP contribution in [0.5, 0.6) is 5.75 Å². The highest BCUT2D eigenvalue weighted by molar-refractivity contribution is 7.88. The van der Waals surface area contributed by atoms with Gasteiger partial charge >= 0.3 is 0 Å². The SMILES string of the molecule is CNS(=O)(=O)Cc1ccc(CNC(=O)[C@@H]2COc3ccc(Cl)cc3C2)cc1. The van der Waals surface area contributed by atoms with Crippen LogP contribution in [-0.4, -0.2) is 28.0 Å². The number of nitrogens with one attached hydrogen (secondary N) is 2. The monoisotopic (exact) mass is 408 g/mol. The van der Waals surface area contributed by atoms with Crippen LogP contribution in [-0.2, 0) is 33.5 Å². The van der Waals surface area contributed by atoms with Crippen LogP contribution in [0.1, 0.15) is 16.7 Å². The summed E-state index contributed by atoms with van der Waals surface area (Å²) in [6.45, 7) is 0.706. The zero-order valence-electron chi connectivity index (χ0n) is 14.9. The molecule has 0 spiro atoms. The maximum atomic E-state index is 12.4.